The second-order valence-electron chi connectivity index (χ2n) is 4.69. The number of hydrogen-bond acceptors (Lipinski definition) is 3. The number of ether oxygens (including phenoxy) is 1. The lowest BCUT2D eigenvalue weighted by molar-refractivity contribution is 0.148. The topological polar surface area (TPSA) is 36.3 Å². The summed E-state index contributed by atoms with van der Waals surface area (Å²) in [5.41, 5.74) is 1.41. The molecule has 0 spiro atoms. The van der Waals surface area contributed by atoms with E-state index >= 15 is 0 Å². The molecule has 19 heavy (non-hydrogen) atoms. The monoisotopic (exact) mass is 260 g/mol. The molecule has 0 bridgehead atoms. The number of hydrogen-bond donors (Lipinski definition) is 0. The third kappa shape index (κ3) is 7.61. The molecular weight excluding hydrogens is 236 g/mol. The Kier molecular flexibility index (Phi) is 8.70. The van der Waals surface area contributed by atoms with E-state index in [1.807, 2.05) is 0 Å². The average molecular weight is 260 g/mol. The van der Waals surface area contributed by atoms with Gasteiger partial charge < -0.3 is 9.64 Å². The van der Waals surface area contributed by atoms with E-state index in [1.165, 1.54) is 18.4 Å². The molecule has 0 amide bonds. The largest absolute Gasteiger partial charge is 0.383 e. The molecule has 0 radical (unpaired) electrons. The van der Waals surface area contributed by atoms with Crippen LogP contribution >= 0.6 is 0 Å². The lowest BCUT2D eigenvalue weighted by Gasteiger charge is -2.20. The van der Waals surface area contributed by atoms with Crippen molar-refractivity contribution >= 4 is 0 Å². The zero-order valence-electron chi connectivity index (χ0n) is 11.8. The Morgan fingerprint density at radius 1 is 1.11 bits per heavy atom. The van der Waals surface area contributed by atoms with Gasteiger partial charge in [0.05, 0.1) is 12.7 Å². The van der Waals surface area contributed by atoms with Crippen LogP contribution in [0.1, 0.15) is 24.8 Å². The lowest BCUT2D eigenvalue weighted by atomic mass is 10.1. The molecule has 1 aromatic carbocycles. The molecular formula is C16H24N2O. The van der Waals surface area contributed by atoms with E-state index in [0.717, 1.165) is 32.7 Å². The molecule has 0 aliphatic rings. The molecule has 0 fully saturated rings. The van der Waals surface area contributed by atoms with E-state index in [-0.39, 0.29) is 0 Å². The van der Waals surface area contributed by atoms with Crippen LogP contribution in [0.15, 0.2) is 30.3 Å². The van der Waals surface area contributed by atoms with Crippen LogP contribution in [0.3, 0.4) is 0 Å². The SMILES string of the molecule is COCCN(CCC#N)CCCCc1ccccc1. The van der Waals surface area contributed by atoms with Crippen molar-refractivity contribution < 1.29 is 4.74 Å². The molecule has 0 heterocycles. The number of methoxy groups -OCH3 is 1. The van der Waals surface area contributed by atoms with Gasteiger partial charge in [-0.25, -0.2) is 0 Å². The number of benzene rings is 1. The van der Waals surface area contributed by atoms with Crippen LogP contribution in [0.5, 0.6) is 0 Å². The standard InChI is InChI=1S/C16H24N2O/c1-19-15-14-18(13-7-11-17)12-6-5-10-16-8-3-2-4-9-16/h2-4,8-9H,5-7,10,12-15H2,1H3. The fourth-order valence-corrected chi connectivity index (χ4v) is 2.07. The van der Waals surface area contributed by atoms with Gasteiger partial charge in [-0.3, -0.25) is 0 Å². The Labute approximate surface area is 116 Å². The van der Waals surface area contributed by atoms with Crippen LogP contribution < -0.4 is 0 Å². The van der Waals surface area contributed by atoms with E-state index in [4.69, 9.17) is 10.00 Å². The van der Waals surface area contributed by atoms with Crippen molar-refractivity contribution in [2.24, 2.45) is 0 Å². The minimum absolute atomic E-state index is 0.600. The first-order valence-corrected chi connectivity index (χ1v) is 6.99. The normalized spacial score (nSPS) is 10.6. The van der Waals surface area contributed by atoms with E-state index < -0.39 is 0 Å². The molecule has 1 aromatic rings. The third-order valence-electron chi connectivity index (χ3n) is 3.18. The first-order chi connectivity index (χ1) is 9.36. The van der Waals surface area contributed by atoms with Crippen molar-refractivity contribution in [3.05, 3.63) is 35.9 Å². The molecule has 0 aliphatic heterocycles. The molecule has 0 aromatic heterocycles. The number of rotatable bonds is 10. The zero-order valence-corrected chi connectivity index (χ0v) is 11.8. The Hall–Kier alpha value is -1.37. The predicted octanol–water partition coefficient (Wildman–Crippen LogP) is 2.87. The smallest absolute Gasteiger partial charge is 0.0635 e. The van der Waals surface area contributed by atoms with Crippen molar-refractivity contribution in [2.45, 2.75) is 25.7 Å². The molecule has 3 heteroatoms. The van der Waals surface area contributed by atoms with Crippen molar-refractivity contribution in [1.82, 2.24) is 4.90 Å². The molecule has 104 valence electrons. The highest BCUT2D eigenvalue weighted by Gasteiger charge is 2.04. The van der Waals surface area contributed by atoms with Gasteiger partial charge in [0.15, 0.2) is 0 Å². The summed E-state index contributed by atoms with van der Waals surface area (Å²) in [7, 11) is 1.72. The number of nitriles is 1. The molecule has 0 N–H and O–H groups in total. The van der Waals surface area contributed by atoms with Crippen LogP contribution in [0.4, 0.5) is 0 Å². The summed E-state index contributed by atoms with van der Waals surface area (Å²) in [5, 5.41) is 8.65. The summed E-state index contributed by atoms with van der Waals surface area (Å²) in [4.78, 5) is 2.32. The van der Waals surface area contributed by atoms with E-state index in [9.17, 15) is 0 Å². The van der Waals surface area contributed by atoms with Gasteiger partial charge >= 0.3 is 0 Å². The summed E-state index contributed by atoms with van der Waals surface area (Å²) in [6, 6.07) is 12.8. The Morgan fingerprint density at radius 3 is 2.58 bits per heavy atom. The van der Waals surface area contributed by atoms with E-state index in [0.29, 0.717) is 6.42 Å². The summed E-state index contributed by atoms with van der Waals surface area (Å²) in [5.74, 6) is 0. The first kappa shape index (κ1) is 15.7. The summed E-state index contributed by atoms with van der Waals surface area (Å²) in [6.07, 6.45) is 4.10. The average Bonchev–Trinajstić information content (AvgIpc) is 2.46. The minimum atomic E-state index is 0.600. The van der Waals surface area contributed by atoms with Crippen LogP contribution in [0, 0.1) is 11.3 Å². The van der Waals surface area contributed by atoms with Gasteiger partial charge in [-0.05, 0) is 31.4 Å². The summed E-state index contributed by atoms with van der Waals surface area (Å²) in [6.45, 7) is 3.57. The molecule has 0 saturated heterocycles. The van der Waals surface area contributed by atoms with Crippen molar-refractivity contribution in [1.29, 1.82) is 5.26 Å². The molecule has 1 rings (SSSR count). The van der Waals surface area contributed by atoms with Crippen molar-refractivity contribution in [3.63, 3.8) is 0 Å². The zero-order chi connectivity index (χ0) is 13.8. The Morgan fingerprint density at radius 2 is 1.89 bits per heavy atom. The fraction of sp³-hybridized carbons (Fsp3) is 0.562. The van der Waals surface area contributed by atoms with Crippen LogP contribution in [-0.4, -0.2) is 38.3 Å². The van der Waals surface area contributed by atoms with Crippen LogP contribution in [0.25, 0.3) is 0 Å². The molecule has 0 aliphatic carbocycles. The molecule has 0 saturated carbocycles. The van der Waals surface area contributed by atoms with E-state index in [2.05, 4.69) is 41.3 Å². The van der Waals surface area contributed by atoms with Gasteiger partial charge in [-0.15, -0.1) is 0 Å². The fourth-order valence-electron chi connectivity index (χ4n) is 2.07. The summed E-state index contributed by atoms with van der Waals surface area (Å²) < 4.78 is 5.10. The van der Waals surface area contributed by atoms with Gasteiger partial charge in [0.25, 0.3) is 0 Å². The number of aryl methyl sites for hydroxylation is 1. The number of unbranched alkanes of at least 4 members (excludes halogenated alkanes) is 1. The lowest BCUT2D eigenvalue weighted by Crippen LogP contribution is -2.29. The van der Waals surface area contributed by atoms with E-state index in [1.54, 1.807) is 7.11 Å². The molecule has 3 nitrogen and oxygen atoms in total. The van der Waals surface area contributed by atoms with Gasteiger partial charge in [-0.1, -0.05) is 30.3 Å². The molecule has 0 atom stereocenters. The molecule has 0 unspecified atom stereocenters. The van der Waals surface area contributed by atoms with Crippen LogP contribution in [0.2, 0.25) is 0 Å². The highest BCUT2D eigenvalue weighted by molar-refractivity contribution is 5.14. The van der Waals surface area contributed by atoms with Gasteiger partial charge in [0, 0.05) is 26.6 Å². The third-order valence-corrected chi connectivity index (χ3v) is 3.18. The highest BCUT2D eigenvalue weighted by Crippen LogP contribution is 2.05. The minimum Gasteiger partial charge on any atom is -0.383 e. The second-order valence-corrected chi connectivity index (χ2v) is 4.69. The predicted molar refractivity (Wildman–Crippen MR) is 77.9 cm³/mol. The van der Waals surface area contributed by atoms with Gasteiger partial charge in [-0.2, -0.15) is 5.26 Å². The van der Waals surface area contributed by atoms with Crippen LogP contribution in [-0.2, 0) is 11.2 Å². The maximum atomic E-state index is 8.65. The maximum absolute atomic E-state index is 8.65. The Bertz CT molecular complexity index is 359. The van der Waals surface area contributed by atoms with Crippen molar-refractivity contribution in [3.8, 4) is 6.07 Å². The Balaban J connectivity index is 2.18. The van der Waals surface area contributed by atoms with Gasteiger partial charge in [0.1, 0.15) is 0 Å². The maximum Gasteiger partial charge on any atom is 0.0635 e. The quantitative estimate of drug-likeness (QED) is 0.607. The van der Waals surface area contributed by atoms with Gasteiger partial charge in [0.2, 0.25) is 0 Å². The number of nitrogens with zero attached hydrogens (tertiary/aromatic N) is 2. The highest BCUT2D eigenvalue weighted by atomic mass is 16.5. The van der Waals surface area contributed by atoms with Crippen molar-refractivity contribution in [2.75, 3.05) is 33.4 Å². The summed E-state index contributed by atoms with van der Waals surface area (Å²) >= 11 is 0. The second kappa shape index (κ2) is 10.5. The first-order valence-electron chi connectivity index (χ1n) is 6.99.